The maximum Gasteiger partial charge on any atom is 0.335 e. The van der Waals surface area contributed by atoms with Crippen molar-refractivity contribution in [2.24, 2.45) is 23.4 Å². The highest BCUT2D eigenvalue weighted by molar-refractivity contribution is 5.81. The summed E-state index contributed by atoms with van der Waals surface area (Å²) in [5.74, 6) is 16.7. The second-order valence-corrected chi connectivity index (χ2v) is 3.94. The minimum absolute atomic E-state index is 0.287. The molecule has 0 saturated carbocycles. The molecule has 0 unspecified atom stereocenters. The van der Waals surface area contributed by atoms with Crippen molar-refractivity contribution < 1.29 is 24.6 Å². The average Bonchev–Trinajstić information content (AvgIpc) is 2.32. The molecule has 19 heavy (non-hydrogen) atoms. The van der Waals surface area contributed by atoms with Crippen LogP contribution >= 0.6 is 0 Å². The highest BCUT2D eigenvalue weighted by Crippen LogP contribution is 2.20. The summed E-state index contributed by atoms with van der Waals surface area (Å²) in [5.41, 5.74) is -2.27. The zero-order valence-corrected chi connectivity index (χ0v) is 10.2. The number of rotatable bonds is 7. The van der Waals surface area contributed by atoms with E-state index in [0.29, 0.717) is 0 Å². The van der Waals surface area contributed by atoms with Gasteiger partial charge in [0.25, 0.3) is 11.8 Å². The van der Waals surface area contributed by atoms with Gasteiger partial charge in [-0.2, -0.15) is 0 Å². The Labute approximate surface area is 108 Å². The maximum atomic E-state index is 11.1. The van der Waals surface area contributed by atoms with Crippen LogP contribution in [0.25, 0.3) is 0 Å². The van der Waals surface area contributed by atoms with Crippen molar-refractivity contribution in [2.45, 2.75) is 31.3 Å². The monoisotopic (exact) mass is 278 g/mol. The number of hydrazine groups is 4. The van der Waals surface area contributed by atoms with Gasteiger partial charge in [-0.3, -0.25) is 9.59 Å². The molecule has 0 aliphatic rings. The maximum absolute atomic E-state index is 11.1. The van der Waals surface area contributed by atoms with Gasteiger partial charge in [-0.05, 0) is 12.8 Å². The number of aliphatic hydroxyl groups is 1. The van der Waals surface area contributed by atoms with Gasteiger partial charge in [0.2, 0.25) is 0 Å². The fraction of sp³-hybridized carbons (Fsp3) is 0.625. The molecule has 0 heterocycles. The zero-order chi connectivity index (χ0) is 15.2. The van der Waals surface area contributed by atoms with E-state index in [1.54, 1.807) is 0 Å². The van der Waals surface area contributed by atoms with E-state index in [4.69, 9.17) is 28.5 Å². The first-order valence-corrected chi connectivity index (χ1v) is 5.20. The molecule has 0 aromatic rings. The van der Waals surface area contributed by atoms with E-state index in [1.165, 1.54) is 0 Å². The molecule has 0 aliphatic heterocycles. The first-order chi connectivity index (χ1) is 8.60. The van der Waals surface area contributed by atoms with E-state index < -0.39 is 36.2 Å². The highest BCUT2D eigenvalue weighted by Gasteiger charge is 2.37. The number of hydrogen-bond acceptors (Lipinski definition) is 8. The van der Waals surface area contributed by atoms with Gasteiger partial charge in [-0.1, -0.05) is 0 Å². The molecule has 0 radical (unpaired) electrons. The van der Waals surface area contributed by atoms with E-state index in [2.05, 4.69) is 0 Å². The third-order valence-electron chi connectivity index (χ3n) is 2.48. The lowest BCUT2D eigenvalue weighted by Gasteiger charge is -2.23. The van der Waals surface area contributed by atoms with Crippen LogP contribution in [0.2, 0.25) is 0 Å². The largest absolute Gasteiger partial charge is 0.479 e. The number of carboxylic acids is 1. The Morgan fingerprint density at radius 1 is 0.895 bits per heavy atom. The lowest BCUT2D eigenvalue weighted by molar-refractivity contribution is -0.161. The third kappa shape index (κ3) is 5.58. The number of carbonyl (C=O) groups is 3. The van der Waals surface area contributed by atoms with Crippen molar-refractivity contribution in [3.63, 3.8) is 0 Å². The number of aliphatic carboxylic acids is 1. The van der Waals surface area contributed by atoms with Crippen LogP contribution in [-0.2, 0) is 14.4 Å². The molecule has 0 atom stereocenters. The zero-order valence-electron chi connectivity index (χ0n) is 10.2. The summed E-state index contributed by atoms with van der Waals surface area (Å²) in [4.78, 5) is 33.2. The summed E-state index contributed by atoms with van der Waals surface area (Å²) in [7, 11) is 0. The van der Waals surface area contributed by atoms with Gasteiger partial charge in [0.15, 0.2) is 5.60 Å². The van der Waals surface area contributed by atoms with E-state index >= 15 is 0 Å². The number of carboxylic acid groups (broad SMARTS) is 1. The van der Waals surface area contributed by atoms with Gasteiger partial charge in [0, 0.05) is 12.8 Å². The summed E-state index contributed by atoms with van der Waals surface area (Å²) in [5, 5.41) is 19.3. The van der Waals surface area contributed by atoms with Crippen LogP contribution in [0.3, 0.4) is 0 Å². The Kier molecular flexibility index (Phi) is 6.31. The van der Waals surface area contributed by atoms with Crippen LogP contribution < -0.4 is 23.4 Å². The van der Waals surface area contributed by atoms with Crippen LogP contribution in [0, 0.1) is 0 Å². The number of nitrogens with zero attached hydrogens (tertiary/aromatic N) is 2. The van der Waals surface area contributed by atoms with E-state index in [0.717, 1.165) is 0 Å². The van der Waals surface area contributed by atoms with Crippen molar-refractivity contribution in [3.05, 3.63) is 0 Å². The van der Waals surface area contributed by atoms with Gasteiger partial charge in [0.05, 0.1) is 0 Å². The van der Waals surface area contributed by atoms with Crippen LogP contribution in [0.4, 0.5) is 0 Å². The molecule has 110 valence electrons. The van der Waals surface area contributed by atoms with Crippen molar-refractivity contribution >= 4 is 17.8 Å². The fourth-order valence-corrected chi connectivity index (χ4v) is 1.22. The van der Waals surface area contributed by atoms with Crippen molar-refractivity contribution in [2.75, 3.05) is 0 Å². The molecule has 0 rings (SSSR count). The normalized spacial score (nSPS) is 11.0. The summed E-state index contributed by atoms with van der Waals surface area (Å²) >= 11 is 0. The topological polar surface area (TPSA) is 202 Å². The second-order valence-electron chi connectivity index (χ2n) is 3.94. The Bertz CT molecular complexity index is 334. The second kappa shape index (κ2) is 6.96. The molecule has 0 bridgehead atoms. The van der Waals surface area contributed by atoms with Crippen molar-refractivity contribution in [1.82, 2.24) is 10.2 Å². The van der Waals surface area contributed by atoms with Crippen LogP contribution in [0.15, 0.2) is 0 Å². The first kappa shape index (κ1) is 17.2. The van der Waals surface area contributed by atoms with Gasteiger partial charge >= 0.3 is 5.97 Å². The standard InChI is InChI=1S/C8H18N6O5/c9-13(10)5(15)1-3-8(19,7(17)18)4-2-6(16)14(11)12/h19H,1-4,9-12H2,(H,17,18). The minimum Gasteiger partial charge on any atom is -0.479 e. The summed E-state index contributed by atoms with van der Waals surface area (Å²) < 4.78 is 0. The summed E-state index contributed by atoms with van der Waals surface area (Å²) in [6.45, 7) is 0. The molecular formula is C8H18N6O5. The Balaban J connectivity index is 4.55. The van der Waals surface area contributed by atoms with E-state index in [-0.39, 0.29) is 23.1 Å². The van der Waals surface area contributed by atoms with Gasteiger partial charge < -0.3 is 10.2 Å². The van der Waals surface area contributed by atoms with Crippen LogP contribution in [-0.4, -0.2) is 43.8 Å². The Morgan fingerprint density at radius 3 is 1.42 bits per heavy atom. The van der Waals surface area contributed by atoms with Crippen molar-refractivity contribution in [3.8, 4) is 0 Å². The fourth-order valence-electron chi connectivity index (χ4n) is 1.22. The van der Waals surface area contributed by atoms with E-state index in [1.807, 2.05) is 0 Å². The predicted octanol–water partition coefficient (Wildman–Crippen LogP) is -3.49. The number of hydrogen-bond donors (Lipinski definition) is 6. The highest BCUT2D eigenvalue weighted by atomic mass is 16.4. The molecule has 0 aliphatic carbocycles. The molecule has 11 nitrogen and oxygen atoms in total. The Hall–Kier alpha value is -1.79. The van der Waals surface area contributed by atoms with E-state index in [9.17, 15) is 19.5 Å². The number of amides is 2. The van der Waals surface area contributed by atoms with Gasteiger partial charge in [-0.25, -0.2) is 38.4 Å². The Morgan fingerprint density at radius 2 is 1.21 bits per heavy atom. The van der Waals surface area contributed by atoms with Gasteiger partial charge in [0.1, 0.15) is 0 Å². The minimum atomic E-state index is -2.27. The molecule has 0 aromatic carbocycles. The summed E-state index contributed by atoms with van der Waals surface area (Å²) in [6.07, 6.45) is -1.68. The lowest BCUT2D eigenvalue weighted by atomic mass is 9.92. The molecule has 0 spiro atoms. The third-order valence-corrected chi connectivity index (χ3v) is 2.48. The molecule has 11 heteroatoms. The average molecular weight is 278 g/mol. The van der Waals surface area contributed by atoms with Gasteiger partial charge in [-0.15, -0.1) is 0 Å². The molecule has 0 saturated heterocycles. The first-order valence-electron chi connectivity index (χ1n) is 5.20. The molecule has 2 amide bonds. The SMILES string of the molecule is NN(N)C(=O)CCC(O)(CCC(=O)N(N)N)C(=O)O. The molecule has 0 aromatic heterocycles. The van der Waals surface area contributed by atoms with Crippen molar-refractivity contribution in [1.29, 1.82) is 0 Å². The van der Waals surface area contributed by atoms with Crippen LogP contribution in [0.1, 0.15) is 25.7 Å². The summed E-state index contributed by atoms with van der Waals surface area (Å²) in [6, 6.07) is 0. The lowest BCUT2D eigenvalue weighted by Crippen LogP contribution is -2.47. The molecule has 0 fully saturated rings. The molecular weight excluding hydrogens is 260 g/mol. The molecule has 10 N–H and O–H groups in total. The number of carbonyl (C=O) groups excluding carboxylic acids is 2. The smallest absolute Gasteiger partial charge is 0.335 e. The van der Waals surface area contributed by atoms with Crippen LogP contribution in [0.5, 0.6) is 0 Å². The number of nitrogens with two attached hydrogens (primary N) is 4. The quantitative estimate of drug-likeness (QED) is 0.155. The predicted molar refractivity (Wildman–Crippen MR) is 61.5 cm³/mol.